The Hall–Kier alpha value is -1.26. The highest BCUT2D eigenvalue weighted by molar-refractivity contribution is 5.85. The molecule has 1 aliphatic rings. The van der Waals surface area contributed by atoms with Crippen LogP contribution in [0.4, 0.5) is 0 Å². The average Bonchev–Trinajstić information content (AvgIpc) is 3.20. The molecule has 1 aromatic carbocycles. The Morgan fingerprint density at radius 3 is 2.75 bits per heavy atom. The molecule has 0 spiro atoms. The van der Waals surface area contributed by atoms with Crippen LogP contribution in [0.1, 0.15) is 31.2 Å². The summed E-state index contributed by atoms with van der Waals surface area (Å²) in [4.78, 5) is 11.9. The summed E-state index contributed by atoms with van der Waals surface area (Å²) in [6, 6.07) is 7.97. The number of nitrogens with one attached hydrogen (secondary N) is 2. The Bertz CT molecular complexity index is 447. The lowest BCUT2D eigenvalue weighted by Crippen LogP contribution is -2.35. The first-order valence-corrected chi connectivity index (χ1v) is 6.80. The summed E-state index contributed by atoms with van der Waals surface area (Å²) >= 11 is 0. The van der Waals surface area contributed by atoms with Crippen LogP contribution in [0.2, 0.25) is 0 Å². The Labute approximate surface area is 126 Å². The highest BCUT2D eigenvalue weighted by atomic mass is 35.5. The van der Waals surface area contributed by atoms with E-state index in [1.54, 1.807) is 7.11 Å². The number of hydrogen-bond donors (Lipinski definition) is 2. The maximum absolute atomic E-state index is 11.9. The van der Waals surface area contributed by atoms with E-state index in [4.69, 9.17) is 4.74 Å². The standard InChI is InChI=1S/C15H22N2O2.ClH/c1-16-10-4-7-14(18)17-15(8-9-15)12-5-3-6-13(11-12)19-2;/h3,5-6,11,16H,4,7-10H2,1-2H3,(H,17,18);1H. The second-order valence-electron chi connectivity index (χ2n) is 5.07. The van der Waals surface area contributed by atoms with Gasteiger partial charge in [0.15, 0.2) is 0 Å². The number of benzene rings is 1. The van der Waals surface area contributed by atoms with Crippen molar-refractivity contribution in [1.82, 2.24) is 10.6 Å². The van der Waals surface area contributed by atoms with Crippen LogP contribution in [0.15, 0.2) is 24.3 Å². The monoisotopic (exact) mass is 298 g/mol. The van der Waals surface area contributed by atoms with Gasteiger partial charge in [-0.3, -0.25) is 4.79 Å². The molecule has 0 aliphatic heterocycles. The molecule has 1 saturated carbocycles. The van der Waals surface area contributed by atoms with Crippen molar-refractivity contribution in [3.8, 4) is 5.75 Å². The lowest BCUT2D eigenvalue weighted by Gasteiger charge is -2.18. The topological polar surface area (TPSA) is 50.4 Å². The molecule has 1 aliphatic carbocycles. The molecule has 0 radical (unpaired) electrons. The third-order valence-electron chi connectivity index (χ3n) is 3.58. The van der Waals surface area contributed by atoms with Gasteiger partial charge in [-0.15, -0.1) is 12.4 Å². The Morgan fingerprint density at radius 1 is 1.40 bits per heavy atom. The third-order valence-corrected chi connectivity index (χ3v) is 3.58. The van der Waals surface area contributed by atoms with Gasteiger partial charge in [0.2, 0.25) is 5.91 Å². The third kappa shape index (κ3) is 4.12. The number of carbonyl (C=O) groups is 1. The summed E-state index contributed by atoms with van der Waals surface area (Å²) in [5.41, 5.74) is 0.999. The molecule has 0 bridgehead atoms. The van der Waals surface area contributed by atoms with Crippen LogP contribution < -0.4 is 15.4 Å². The molecule has 2 N–H and O–H groups in total. The number of carbonyl (C=O) groups excluding carboxylic acids is 1. The van der Waals surface area contributed by atoms with Crippen LogP contribution in [-0.2, 0) is 10.3 Å². The highest BCUT2D eigenvalue weighted by Gasteiger charge is 2.45. The number of rotatable bonds is 7. The minimum atomic E-state index is -0.148. The van der Waals surface area contributed by atoms with Crippen molar-refractivity contribution in [3.63, 3.8) is 0 Å². The summed E-state index contributed by atoms with van der Waals surface area (Å²) in [5, 5.41) is 6.22. The van der Waals surface area contributed by atoms with E-state index in [0.717, 1.165) is 37.1 Å². The number of halogens is 1. The lowest BCUT2D eigenvalue weighted by atomic mass is 10.0. The van der Waals surface area contributed by atoms with E-state index in [9.17, 15) is 4.79 Å². The maximum atomic E-state index is 11.9. The van der Waals surface area contributed by atoms with E-state index in [0.29, 0.717) is 6.42 Å². The molecule has 4 nitrogen and oxygen atoms in total. The quantitative estimate of drug-likeness (QED) is 0.759. The first kappa shape index (κ1) is 16.8. The van der Waals surface area contributed by atoms with E-state index in [1.165, 1.54) is 0 Å². The molecule has 1 aromatic rings. The highest BCUT2D eigenvalue weighted by Crippen LogP contribution is 2.46. The largest absolute Gasteiger partial charge is 0.497 e. The van der Waals surface area contributed by atoms with Crippen molar-refractivity contribution in [1.29, 1.82) is 0 Å². The van der Waals surface area contributed by atoms with Crippen LogP contribution in [-0.4, -0.2) is 26.6 Å². The van der Waals surface area contributed by atoms with Crippen molar-refractivity contribution >= 4 is 18.3 Å². The van der Waals surface area contributed by atoms with Gasteiger partial charge in [-0.1, -0.05) is 12.1 Å². The number of methoxy groups -OCH3 is 1. The van der Waals surface area contributed by atoms with E-state index in [-0.39, 0.29) is 23.9 Å². The van der Waals surface area contributed by atoms with Gasteiger partial charge in [0.1, 0.15) is 5.75 Å². The molecule has 0 heterocycles. The summed E-state index contributed by atoms with van der Waals surface area (Å²) in [5.74, 6) is 0.976. The van der Waals surface area contributed by atoms with Crippen molar-refractivity contribution in [2.24, 2.45) is 0 Å². The molecule has 0 saturated heterocycles. The fourth-order valence-corrected chi connectivity index (χ4v) is 2.29. The zero-order valence-electron chi connectivity index (χ0n) is 12.1. The molecule has 112 valence electrons. The van der Waals surface area contributed by atoms with Crippen LogP contribution in [0.25, 0.3) is 0 Å². The molecular formula is C15H23ClN2O2. The first-order chi connectivity index (χ1) is 9.20. The summed E-state index contributed by atoms with van der Waals surface area (Å²) < 4.78 is 5.24. The van der Waals surface area contributed by atoms with Crippen molar-refractivity contribution < 1.29 is 9.53 Å². The van der Waals surface area contributed by atoms with Gasteiger partial charge in [0.05, 0.1) is 12.6 Å². The molecule has 2 rings (SSSR count). The molecular weight excluding hydrogens is 276 g/mol. The number of ether oxygens (including phenoxy) is 1. The Kier molecular flexibility index (Phi) is 6.30. The predicted molar refractivity (Wildman–Crippen MR) is 82.5 cm³/mol. The van der Waals surface area contributed by atoms with Crippen molar-refractivity contribution in [2.75, 3.05) is 20.7 Å². The van der Waals surface area contributed by atoms with Gasteiger partial charge in [-0.25, -0.2) is 0 Å². The summed E-state index contributed by atoms with van der Waals surface area (Å²) in [6.45, 7) is 0.875. The minimum absolute atomic E-state index is 0. The van der Waals surface area contributed by atoms with Crippen molar-refractivity contribution in [2.45, 2.75) is 31.2 Å². The van der Waals surface area contributed by atoms with Gasteiger partial charge in [-0.2, -0.15) is 0 Å². The molecule has 0 unspecified atom stereocenters. The lowest BCUT2D eigenvalue weighted by molar-refractivity contribution is -0.122. The minimum Gasteiger partial charge on any atom is -0.497 e. The zero-order chi connectivity index (χ0) is 13.7. The van der Waals surface area contributed by atoms with E-state index in [2.05, 4.69) is 16.7 Å². The van der Waals surface area contributed by atoms with E-state index < -0.39 is 0 Å². The Balaban J connectivity index is 0.00000200. The van der Waals surface area contributed by atoms with Crippen LogP contribution in [0, 0.1) is 0 Å². The van der Waals surface area contributed by atoms with Crippen LogP contribution in [0.3, 0.4) is 0 Å². The molecule has 0 aromatic heterocycles. The average molecular weight is 299 g/mol. The normalized spacial score (nSPS) is 15.1. The van der Waals surface area contributed by atoms with Gasteiger partial charge in [0.25, 0.3) is 0 Å². The fraction of sp³-hybridized carbons (Fsp3) is 0.533. The number of amides is 1. The molecule has 5 heteroatoms. The number of hydrogen-bond acceptors (Lipinski definition) is 3. The summed E-state index contributed by atoms with van der Waals surface area (Å²) in [6.07, 6.45) is 3.47. The first-order valence-electron chi connectivity index (χ1n) is 6.80. The molecule has 1 amide bonds. The Morgan fingerprint density at radius 2 is 2.15 bits per heavy atom. The summed E-state index contributed by atoms with van der Waals surface area (Å²) in [7, 11) is 3.56. The van der Waals surface area contributed by atoms with E-state index in [1.807, 2.05) is 25.2 Å². The van der Waals surface area contributed by atoms with Crippen LogP contribution >= 0.6 is 12.4 Å². The van der Waals surface area contributed by atoms with E-state index >= 15 is 0 Å². The van der Waals surface area contributed by atoms with Gasteiger partial charge in [0, 0.05) is 6.42 Å². The molecule has 0 atom stereocenters. The molecule has 1 fully saturated rings. The second-order valence-corrected chi connectivity index (χ2v) is 5.07. The molecule has 20 heavy (non-hydrogen) atoms. The van der Waals surface area contributed by atoms with Crippen LogP contribution in [0.5, 0.6) is 5.75 Å². The second kappa shape index (κ2) is 7.50. The predicted octanol–water partition coefficient (Wildman–Crippen LogP) is 2.22. The maximum Gasteiger partial charge on any atom is 0.220 e. The van der Waals surface area contributed by atoms with Gasteiger partial charge in [-0.05, 0) is 50.6 Å². The smallest absolute Gasteiger partial charge is 0.220 e. The van der Waals surface area contributed by atoms with Gasteiger partial charge >= 0.3 is 0 Å². The fourth-order valence-electron chi connectivity index (χ4n) is 2.29. The zero-order valence-corrected chi connectivity index (χ0v) is 12.9. The van der Waals surface area contributed by atoms with Crippen molar-refractivity contribution in [3.05, 3.63) is 29.8 Å². The van der Waals surface area contributed by atoms with Gasteiger partial charge < -0.3 is 15.4 Å². The SMILES string of the molecule is CNCCCC(=O)NC1(c2cccc(OC)c2)CC1.Cl.